The Hall–Kier alpha value is -4.02. The molecule has 4 aromatic rings. The fourth-order valence-electron chi connectivity index (χ4n) is 4.46. The fraction of sp³-hybridized carbons (Fsp3) is 0.160. The van der Waals surface area contributed by atoms with E-state index in [1.807, 2.05) is 18.2 Å². The van der Waals surface area contributed by atoms with Crippen molar-refractivity contribution in [3.05, 3.63) is 77.9 Å². The quantitative estimate of drug-likeness (QED) is 0.280. The summed E-state index contributed by atoms with van der Waals surface area (Å²) in [5, 5.41) is 11.4. The average molecular weight is 493 g/mol. The first kappa shape index (κ1) is 22.8. The number of amides is 2. The molecular weight excluding hydrogens is 472 g/mol. The van der Waals surface area contributed by atoms with E-state index in [0.29, 0.717) is 27.7 Å². The monoisotopic (exact) mass is 492 g/mol. The molecular formula is C25H20N2O7S. The summed E-state index contributed by atoms with van der Waals surface area (Å²) in [6.45, 7) is -0.00651. The van der Waals surface area contributed by atoms with Gasteiger partial charge in [0.2, 0.25) is 0 Å². The van der Waals surface area contributed by atoms with E-state index in [1.54, 1.807) is 42.5 Å². The number of nitrogens with zero attached hydrogens (tertiary/aromatic N) is 2. The van der Waals surface area contributed by atoms with Crippen LogP contribution in [0.1, 0.15) is 33.6 Å². The van der Waals surface area contributed by atoms with E-state index < -0.39 is 35.1 Å². The molecule has 1 aromatic heterocycles. The van der Waals surface area contributed by atoms with Gasteiger partial charge in [-0.2, -0.15) is 0 Å². The average Bonchev–Trinajstić information content (AvgIpc) is 3.33. The van der Waals surface area contributed by atoms with Crippen LogP contribution in [-0.4, -0.2) is 49.1 Å². The minimum Gasteiger partial charge on any atom is -0.480 e. The van der Waals surface area contributed by atoms with Gasteiger partial charge in [0, 0.05) is 17.3 Å². The van der Waals surface area contributed by atoms with E-state index in [0.717, 1.165) is 14.6 Å². The van der Waals surface area contributed by atoms with Gasteiger partial charge in [-0.1, -0.05) is 30.3 Å². The van der Waals surface area contributed by atoms with Gasteiger partial charge in [0.25, 0.3) is 23.1 Å². The Bertz CT molecular complexity index is 1480. The van der Waals surface area contributed by atoms with Gasteiger partial charge in [0.15, 0.2) is 0 Å². The zero-order valence-corrected chi connectivity index (χ0v) is 19.1. The summed E-state index contributed by atoms with van der Waals surface area (Å²) in [5.74, 6) is -2.17. The topological polar surface area (TPSA) is 128 Å². The lowest BCUT2D eigenvalue weighted by Crippen LogP contribution is -2.43. The maximum absolute atomic E-state index is 12.6. The third-order valence-corrected chi connectivity index (χ3v) is 6.89. The highest BCUT2D eigenvalue weighted by Gasteiger charge is 2.36. The van der Waals surface area contributed by atoms with Gasteiger partial charge in [0.1, 0.15) is 17.2 Å². The number of rotatable bonds is 8. The van der Waals surface area contributed by atoms with Crippen molar-refractivity contribution in [2.75, 3.05) is 10.8 Å². The van der Waals surface area contributed by atoms with E-state index in [2.05, 4.69) is 0 Å². The van der Waals surface area contributed by atoms with Crippen molar-refractivity contribution in [2.45, 2.75) is 18.9 Å². The smallest absolute Gasteiger partial charge is 0.327 e. The van der Waals surface area contributed by atoms with Crippen molar-refractivity contribution in [3.8, 4) is 0 Å². The van der Waals surface area contributed by atoms with Crippen LogP contribution >= 0.6 is 0 Å². The molecule has 2 heterocycles. The number of aliphatic carboxylic acids is 1. The molecule has 0 bridgehead atoms. The maximum atomic E-state index is 12.6. The number of hydrogen-bond acceptors (Lipinski definition) is 5. The van der Waals surface area contributed by atoms with Crippen LogP contribution in [0.2, 0.25) is 0 Å². The third kappa shape index (κ3) is 3.96. The van der Waals surface area contributed by atoms with Gasteiger partial charge in [-0.15, -0.1) is 0 Å². The molecule has 0 saturated heterocycles. The molecule has 35 heavy (non-hydrogen) atoms. The second-order valence-corrected chi connectivity index (χ2v) is 8.99. The molecule has 1 aliphatic heterocycles. The second kappa shape index (κ2) is 8.97. The number of hydrogen-bond donors (Lipinski definition) is 2. The van der Waals surface area contributed by atoms with E-state index in [-0.39, 0.29) is 25.1 Å². The molecule has 178 valence electrons. The van der Waals surface area contributed by atoms with E-state index in [1.165, 1.54) is 6.07 Å². The van der Waals surface area contributed by atoms with E-state index in [9.17, 15) is 28.3 Å². The molecule has 0 aliphatic carbocycles. The van der Waals surface area contributed by atoms with E-state index in [4.69, 9.17) is 4.42 Å². The molecule has 0 spiro atoms. The number of carboxylic acid groups (broad SMARTS) is 1. The Kier molecular flexibility index (Phi) is 5.83. The van der Waals surface area contributed by atoms with Crippen molar-refractivity contribution >= 4 is 56.7 Å². The van der Waals surface area contributed by atoms with Gasteiger partial charge in [-0.3, -0.25) is 23.3 Å². The Labute approximate surface area is 202 Å². The fourth-order valence-corrected chi connectivity index (χ4v) is 5.16. The number of carbonyl (C=O) groups is 3. The first-order valence-electron chi connectivity index (χ1n) is 10.9. The number of para-hydroxylation sites is 1. The van der Waals surface area contributed by atoms with Gasteiger partial charge in [-0.25, -0.2) is 9.00 Å². The third-order valence-electron chi connectivity index (χ3n) is 6.09. The molecule has 2 amide bonds. The number of carboxylic acids is 1. The minimum atomic E-state index is -2.65. The number of imide groups is 1. The minimum absolute atomic E-state index is 0.00651. The van der Waals surface area contributed by atoms with Crippen molar-refractivity contribution in [1.82, 2.24) is 4.90 Å². The van der Waals surface area contributed by atoms with Crippen molar-refractivity contribution < 1.29 is 32.7 Å². The first-order chi connectivity index (χ1) is 16.9. The predicted octanol–water partition coefficient (Wildman–Crippen LogP) is 4.06. The van der Waals surface area contributed by atoms with Crippen LogP contribution in [0.4, 0.5) is 5.69 Å². The van der Waals surface area contributed by atoms with Gasteiger partial charge < -0.3 is 9.52 Å². The highest BCUT2D eigenvalue weighted by atomic mass is 32.2. The van der Waals surface area contributed by atoms with Crippen LogP contribution in [-0.2, 0) is 16.1 Å². The number of anilines is 1. The lowest BCUT2D eigenvalue weighted by Gasteiger charge is -2.27. The summed E-state index contributed by atoms with van der Waals surface area (Å²) in [6, 6.07) is 17.2. The Balaban J connectivity index is 1.39. The zero-order valence-electron chi connectivity index (χ0n) is 18.3. The molecule has 1 aliphatic rings. The summed E-state index contributed by atoms with van der Waals surface area (Å²) >= 11 is -2.65. The van der Waals surface area contributed by atoms with Gasteiger partial charge in [-0.05, 0) is 49.2 Å². The molecule has 2 atom stereocenters. The molecule has 2 N–H and O–H groups in total. The molecule has 9 nitrogen and oxygen atoms in total. The molecule has 3 aromatic carbocycles. The summed E-state index contributed by atoms with van der Waals surface area (Å²) in [6.07, 6.45) is 0.0617. The lowest BCUT2D eigenvalue weighted by atomic mass is 10.1. The molecule has 0 radical (unpaired) electrons. The zero-order chi connectivity index (χ0) is 24.7. The number of furan rings is 1. The van der Waals surface area contributed by atoms with Crippen LogP contribution in [0.3, 0.4) is 0 Å². The molecule has 0 saturated carbocycles. The van der Waals surface area contributed by atoms with Crippen LogP contribution in [0.5, 0.6) is 0 Å². The predicted molar refractivity (Wildman–Crippen MR) is 129 cm³/mol. The molecule has 10 heteroatoms. The number of benzene rings is 3. The molecule has 2 unspecified atom stereocenters. The summed E-state index contributed by atoms with van der Waals surface area (Å²) in [4.78, 5) is 38.3. The standard InChI is InChI=1S/C25H20N2O7S/c28-23-17-7-1-2-8-18(17)24(29)26(23)13-5-9-20(25(30)31)27(35(32)33)15-11-12-22-19(14-15)16-6-3-4-10-21(16)34-22/h1-4,6-8,10-12,14,20H,5,9,13H2,(H,30,31)(H,32,33). The maximum Gasteiger partial charge on any atom is 0.327 e. The van der Waals surface area contributed by atoms with E-state index >= 15 is 0 Å². The van der Waals surface area contributed by atoms with Crippen molar-refractivity contribution in [3.63, 3.8) is 0 Å². The summed E-state index contributed by atoms with van der Waals surface area (Å²) in [7, 11) is 0. The van der Waals surface area contributed by atoms with Gasteiger partial charge >= 0.3 is 5.97 Å². The Morgan fingerprint density at radius 1 is 0.943 bits per heavy atom. The number of fused-ring (bicyclic) bond motifs is 4. The second-order valence-electron chi connectivity index (χ2n) is 8.14. The van der Waals surface area contributed by atoms with Crippen LogP contribution < -0.4 is 4.31 Å². The summed E-state index contributed by atoms with van der Waals surface area (Å²) in [5.41, 5.74) is 2.07. The van der Waals surface area contributed by atoms with Crippen LogP contribution in [0.15, 0.2) is 71.1 Å². The van der Waals surface area contributed by atoms with Crippen LogP contribution in [0.25, 0.3) is 21.9 Å². The highest BCUT2D eigenvalue weighted by molar-refractivity contribution is 7.80. The molecule has 0 fully saturated rings. The van der Waals surface area contributed by atoms with Gasteiger partial charge in [0.05, 0.1) is 16.8 Å². The van der Waals surface area contributed by atoms with Crippen molar-refractivity contribution in [1.29, 1.82) is 0 Å². The SMILES string of the molecule is O=C(O)C(CCCN1C(=O)c2ccccc2C1=O)N(c1ccc2oc3ccccc3c2c1)S(=O)O. The highest BCUT2D eigenvalue weighted by Crippen LogP contribution is 2.33. The Morgan fingerprint density at radius 3 is 2.23 bits per heavy atom. The lowest BCUT2D eigenvalue weighted by molar-refractivity contribution is -0.138. The molecule has 5 rings (SSSR count). The Morgan fingerprint density at radius 2 is 1.57 bits per heavy atom. The normalized spacial score (nSPS) is 14.9. The van der Waals surface area contributed by atoms with Crippen molar-refractivity contribution in [2.24, 2.45) is 0 Å². The number of carbonyl (C=O) groups excluding carboxylic acids is 2. The first-order valence-corrected chi connectivity index (χ1v) is 11.9. The summed E-state index contributed by atoms with van der Waals surface area (Å²) < 4.78 is 29.0. The largest absolute Gasteiger partial charge is 0.480 e. The van der Waals surface area contributed by atoms with Crippen LogP contribution in [0, 0.1) is 0 Å².